The molecule has 0 aliphatic carbocycles. The van der Waals surface area contributed by atoms with Gasteiger partial charge in [0.2, 0.25) is 6.33 Å². The van der Waals surface area contributed by atoms with Gasteiger partial charge in [-0.25, -0.2) is 0 Å². The lowest BCUT2D eigenvalue weighted by atomic mass is 10.1. The van der Waals surface area contributed by atoms with Crippen LogP contribution >= 0.6 is 0 Å². The fourth-order valence-corrected chi connectivity index (χ4v) is 3.68. The number of aromatic nitrogens is 3. The largest absolute Gasteiger partial charge is 0.361 e. The van der Waals surface area contributed by atoms with E-state index in [1.54, 1.807) is 0 Å². The Morgan fingerprint density at radius 1 is 0.800 bits per heavy atom. The number of benzene rings is 3. The summed E-state index contributed by atoms with van der Waals surface area (Å²) in [6.07, 6.45) is 9.23. The van der Waals surface area contributed by atoms with Gasteiger partial charge in [0.25, 0.3) is 0 Å². The molecule has 2 heterocycles. The topological polar surface area (TPSA) is 27.8 Å². The first kappa shape index (κ1) is 18.0. The summed E-state index contributed by atoms with van der Waals surface area (Å²) in [5, 5.41) is 0. The normalized spacial score (nSPS) is 10.8. The van der Waals surface area contributed by atoms with E-state index in [9.17, 15) is 0 Å². The van der Waals surface area contributed by atoms with E-state index in [0.29, 0.717) is 0 Å². The summed E-state index contributed by atoms with van der Waals surface area (Å²) >= 11 is 0. The molecule has 0 atom stereocenters. The zero-order valence-corrected chi connectivity index (χ0v) is 16.7. The van der Waals surface area contributed by atoms with Crippen molar-refractivity contribution < 1.29 is 4.57 Å². The first-order chi connectivity index (χ1) is 14.8. The molecule has 0 amide bonds. The Bertz CT molecular complexity index is 1250. The number of aryl methyl sites for hydroxylation is 1. The molecule has 0 radical (unpaired) electrons. The van der Waals surface area contributed by atoms with Crippen LogP contribution in [0.25, 0.3) is 16.9 Å². The lowest BCUT2D eigenvalue weighted by Gasteiger charge is -2.26. The van der Waals surface area contributed by atoms with Crippen molar-refractivity contribution in [2.45, 2.75) is 0 Å². The molecular weight excluding hydrogens is 368 g/mol. The fraction of sp³-hybridized carbons (Fsp3) is 0.0385. The lowest BCUT2D eigenvalue weighted by molar-refractivity contribution is -0.674. The van der Waals surface area contributed by atoms with Crippen LogP contribution in [0, 0.1) is 6.33 Å². The number of aromatic amines is 1. The van der Waals surface area contributed by atoms with Crippen molar-refractivity contribution in [2.24, 2.45) is 7.05 Å². The first-order valence-corrected chi connectivity index (χ1v) is 9.94. The predicted molar refractivity (Wildman–Crippen MR) is 120 cm³/mol. The Balaban J connectivity index is 1.63. The van der Waals surface area contributed by atoms with Gasteiger partial charge in [0.1, 0.15) is 0 Å². The lowest BCUT2D eigenvalue weighted by Crippen LogP contribution is -2.24. The van der Waals surface area contributed by atoms with Gasteiger partial charge in [-0.05, 0) is 54.1 Å². The van der Waals surface area contributed by atoms with Gasteiger partial charge in [0.05, 0.1) is 12.7 Å². The summed E-state index contributed by atoms with van der Waals surface area (Å²) < 4.78 is 3.92. The van der Waals surface area contributed by atoms with E-state index in [1.807, 2.05) is 46.9 Å². The van der Waals surface area contributed by atoms with E-state index in [-0.39, 0.29) is 0 Å². The summed E-state index contributed by atoms with van der Waals surface area (Å²) in [7, 11) is 1.97. The van der Waals surface area contributed by atoms with E-state index >= 15 is 0 Å². The number of anilines is 3. The Kier molecular flexibility index (Phi) is 4.66. The average molecular weight is 390 g/mol. The van der Waals surface area contributed by atoms with Crippen molar-refractivity contribution in [1.82, 2.24) is 9.55 Å². The van der Waals surface area contributed by atoms with Gasteiger partial charge in [-0.15, -0.1) is 0 Å². The number of para-hydroxylation sites is 1. The van der Waals surface area contributed by atoms with Crippen LogP contribution < -0.4 is 9.47 Å². The Labute approximate surface area is 176 Å². The molecule has 0 fully saturated rings. The molecular formula is C26H22N4. The maximum atomic E-state index is 3.30. The fourth-order valence-electron chi connectivity index (χ4n) is 3.68. The van der Waals surface area contributed by atoms with Crippen LogP contribution in [0.2, 0.25) is 0 Å². The summed E-state index contributed by atoms with van der Waals surface area (Å²) in [6, 6.07) is 31.7. The van der Waals surface area contributed by atoms with Crippen LogP contribution in [0.1, 0.15) is 0 Å². The molecule has 4 nitrogen and oxygen atoms in total. The highest BCUT2D eigenvalue weighted by molar-refractivity contribution is 5.80. The van der Waals surface area contributed by atoms with Gasteiger partial charge in [-0.2, -0.15) is 0 Å². The van der Waals surface area contributed by atoms with E-state index in [1.165, 1.54) is 0 Å². The number of nitrogens with zero attached hydrogens (tertiary/aromatic N) is 3. The molecule has 146 valence electrons. The Morgan fingerprint density at radius 3 is 2.30 bits per heavy atom. The van der Waals surface area contributed by atoms with E-state index in [4.69, 9.17) is 0 Å². The molecule has 4 heteroatoms. The maximum absolute atomic E-state index is 3.30. The molecule has 0 unspecified atom stereocenters. The van der Waals surface area contributed by atoms with Crippen LogP contribution in [-0.2, 0) is 7.05 Å². The zero-order chi connectivity index (χ0) is 20.3. The second-order valence-electron chi connectivity index (χ2n) is 7.20. The number of rotatable bonds is 5. The maximum Gasteiger partial charge on any atom is 0.243 e. The monoisotopic (exact) mass is 390 g/mol. The Hall–Kier alpha value is -4.05. The van der Waals surface area contributed by atoms with Crippen molar-refractivity contribution in [2.75, 3.05) is 4.90 Å². The molecule has 0 aliphatic heterocycles. The minimum atomic E-state index is 1.06. The van der Waals surface area contributed by atoms with Crippen molar-refractivity contribution in [3.05, 3.63) is 116 Å². The number of nitrogens with one attached hydrogen (secondary N) is 1. The molecule has 0 spiro atoms. The van der Waals surface area contributed by atoms with Crippen molar-refractivity contribution >= 4 is 17.1 Å². The van der Waals surface area contributed by atoms with E-state index < -0.39 is 0 Å². The summed E-state index contributed by atoms with van der Waals surface area (Å²) in [5.41, 5.74) is 6.63. The number of hydrogen-bond acceptors (Lipinski definition) is 1. The molecule has 3 aromatic carbocycles. The van der Waals surface area contributed by atoms with Crippen LogP contribution in [0.3, 0.4) is 0 Å². The molecule has 0 bridgehead atoms. The van der Waals surface area contributed by atoms with Crippen molar-refractivity contribution in [1.29, 1.82) is 0 Å². The third kappa shape index (κ3) is 3.51. The molecule has 0 aliphatic rings. The summed E-state index contributed by atoms with van der Waals surface area (Å²) in [6.45, 7) is 0. The molecule has 0 saturated heterocycles. The highest BCUT2D eigenvalue weighted by atomic mass is 15.1. The van der Waals surface area contributed by atoms with Crippen LogP contribution in [0.15, 0.2) is 110 Å². The number of H-pyrrole nitrogens is 1. The molecule has 30 heavy (non-hydrogen) atoms. The smallest absolute Gasteiger partial charge is 0.243 e. The standard InChI is InChI=1S/C26H22N4/c1-28-16-17-29(20-28)23-11-6-13-25(19-23)30(22-9-3-2-4-10-22)24-12-5-8-21(18-24)26-14-7-15-27-26/h2-19,27H,1H3. The SMILES string of the molecule is C[n+]1[c-]n(-c2cccc(N(c3ccccc3)c3cccc(-c4ccc[nH]4)c3)c2)cc1. The second-order valence-corrected chi connectivity index (χ2v) is 7.20. The minimum absolute atomic E-state index is 1.06. The van der Waals surface area contributed by atoms with E-state index in [0.717, 1.165) is 34.0 Å². The first-order valence-electron chi connectivity index (χ1n) is 9.94. The minimum Gasteiger partial charge on any atom is -0.361 e. The van der Waals surface area contributed by atoms with Gasteiger partial charge >= 0.3 is 0 Å². The second kappa shape index (κ2) is 7.76. The highest BCUT2D eigenvalue weighted by Crippen LogP contribution is 2.36. The zero-order valence-electron chi connectivity index (χ0n) is 16.7. The quantitative estimate of drug-likeness (QED) is 0.308. The van der Waals surface area contributed by atoms with Crippen LogP contribution in [0.4, 0.5) is 17.1 Å². The molecule has 2 aromatic heterocycles. The van der Waals surface area contributed by atoms with Gasteiger partial charge in [-0.1, -0.05) is 42.5 Å². The average Bonchev–Trinajstić information content (AvgIpc) is 3.47. The van der Waals surface area contributed by atoms with Crippen LogP contribution in [-0.4, -0.2) is 9.55 Å². The summed E-state index contributed by atoms with van der Waals surface area (Å²) in [4.78, 5) is 5.58. The predicted octanol–water partition coefficient (Wildman–Crippen LogP) is 5.57. The van der Waals surface area contributed by atoms with Crippen molar-refractivity contribution in [3.63, 3.8) is 0 Å². The third-order valence-electron chi connectivity index (χ3n) is 5.10. The number of imidazole rings is 1. The van der Waals surface area contributed by atoms with E-state index in [2.05, 4.69) is 95.1 Å². The number of hydrogen-bond donors (Lipinski definition) is 1. The molecule has 5 rings (SSSR count). The third-order valence-corrected chi connectivity index (χ3v) is 5.10. The van der Waals surface area contributed by atoms with Gasteiger partial charge in [0.15, 0.2) is 0 Å². The van der Waals surface area contributed by atoms with Crippen molar-refractivity contribution in [3.8, 4) is 16.9 Å². The van der Waals surface area contributed by atoms with Gasteiger partial charge < -0.3 is 19.0 Å². The van der Waals surface area contributed by atoms with Crippen LogP contribution in [0.5, 0.6) is 0 Å². The Morgan fingerprint density at radius 2 is 1.57 bits per heavy atom. The highest BCUT2D eigenvalue weighted by Gasteiger charge is 2.14. The molecule has 0 saturated carbocycles. The summed E-state index contributed by atoms with van der Waals surface area (Å²) in [5.74, 6) is 0. The molecule has 1 N–H and O–H groups in total. The van der Waals surface area contributed by atoms with Gasteiger partial charge in [0, 0.05) is 41.3 Å². The molecule has 5 aromatic rings. The van der Waals surface area contributed by atoms with Gasteiger partial charge in [-0.3, -0.25) is 0 Å².